The number of halogens is 3. The van der Waals surface area contributed by atoms with Gasteiger partial charge in [0.25, 0.3) is 0 Å². The minimum absolute atomic E-state index is 0.0577. The Labute approximate surface area is 78.0 Å². The molecule has 0 saturated heterocycles. The normalized spacial score (nSPS) is 18.0. The van der Waals surface area contributed by atoms with Crippen molar-refractivity contribution in [3.63, 3.8) is 0 Å². The predicted molar refractivity (Wildman–Crippen MR) is 40.6 cm³/mol. The van der Waals surface area contributed by atoms with E-state index in [-0.39, 0.29) is 10.8 Å². The Hall–Kier alpha value is 1.67. The molecule has 8 heavy (non-hydrogen) atoms. The molecule has 0 heterocycles. The van der Waals surface area contributed by atoms with Crippen LogP contribution in [0.5, 0.6) is 0 Å². The number of hydrogen-bond donors (Lipinski definition) is 0. The van der Waals surface area contributed by atoms with E-state index in [0.717, 1.165) is 4.44 Å². The Kier molecular flexibility index (Phi) is 6.59. The van der Waals surface area contributed by atoms with E-state index in [1.165, 1.54) is 22.5 Å². The van der Waals surface area contributed by atoms with Gasteiger partial charge in [-0.05, 0) is 0 Å². The first kappa shape index (κ1) is 9.67. The zero-order valence-electron chi connectivity index (χ0n) is 4.20. The molecule has 0 spiro atoms. The zero-order valence-corrected chi connectivity index (χ0v) is 9.32. The fourth-order valence-corrected chi connectivity index (χ4v) is 1.95. The van der Waals surface area contributed by atoms with E-state index in [2.05, 4.69) is 0 Å². The number of hydrogen-bond acceptors (Lipinski definition) is 0. The summed E-state index contributed by atoms with van der Waals surface area (Å²) in [6, 6.07) is 0. The first-order chi connectivity index (χ1) is 3.72. The standard InChI is InChI=1S/C4H6Cl3.Sn/c1-3(6)4(7)2-5;/h3-4H,1-2H2;. The molecule has 0 aromatic heterocycles. The second-order valence-corrected chi connectivity index (χ2v) is 3.99. The molecule has 3 radical (unpaired) electrons. The third-order valence-electron chi connectivity index (χ3n) is 0.735. The molecule has 0 rings (SSSR count). The maximum absolute atomic E-state index is 5.72. The van der Waals surface area contributed by atoms with Crippen molar-refractivity contribution in [2.24, 2.45) is 0 Å². The fourth-order valence-electron chi connectivity index (χ4n) is 0.225. The van der Waals surface area contributed by atoms with Crippen molar-refractivity contribution in [1.82, 2.24) is 0 Å². The Morgan fingerprint density at radius 2 is 1.75 bits per heavy atom. The molecule has 4 heteroatoms. The van der Waals surface area contributed by atoms with Gasteiger partial charge in [0.2, 0.25) is 0 Å². The van der Waals surface area contributed by atoms with Crippen LogP contribution in [-0.2, 0) is 0 Å². The molecule has 47 valence electrons. The van der Waals surface area contributed by atoms with E-state index in [1.807, 2.05) is 0 Å². The molecular formula is C4H6Cl3Sn. The molecular weight excluding hydrogens is 273 g/mol. The molecule has 0 aliphatic rings. The van der Waals surface area contributed by atoms with Crippen LogP contribution < -0.4 is 0 Å². The Balaban J connectivity index is 3.29. The molecule has 2 atom stereocenters. The van der Waals surface area contributed by atoms with Gasteiger partial charge in [0.1, 0.15) is 0 Å². The molecule has 0 bridgehead atoms. The van der Waals surface area contributed by atoms with Crippen molar-refractivity contribution in [1.29, 1.82) is 0 Å². The molecule has 0 saturated carbocycles. The van der Waals surface area contributed by atoms with E-state index in [9.17, 15) is 0 Å². The second-order valence-electron chi connectivity index (χ2n) is 1.39. The minimum atomic E-state index is -0.0577. The van der Waals surface area contributed by atoms with E-state index >= 15 is 0 Å². The van der Waals surface area contributed by atoms with Crippen molar-refractivity contribution in [2.45, 2.75) is 15.2 Å². The molecule has 0 aromatic rings. The molecule has 0 nitrogen and oxygen atoms in total. The fraction of sp³-hybridized carbons (Fsp3) is 1.00. The van der Waals surface area contributed by atoms with Gasteiger partial charge in [-0.15, -0.1) is 0 Å². The van der Waals surface area contributed by atoms with Crippen LogP contribution in [0.25, 0.3) is 0 Å². The summed E-state index contributed by atoms with van der Waals surface area (Å²) in [4.78, 5) is 0. The summed E-state index contributed by atoms with van der Waals surface area (Å²) in [6.07, 6.45) is 0. The topological polar surface area (TPSA) is 0 Å². The van der Waals surface area contributed by atoms with Gasteiger partial charge in [0.15, 0.2) is 0 Å². The average Bonchev–Trinajstić information content (AvgIpc) is 1.84. The first-order valence-electron chi connectivity index (χ1n) is 2.21. The molecule has 0 aliphatic heterocycles. The van der Waals surface area contributed by atoms with Gasteiger partial charge in [-0.2, -0.15) is 0 Å². The van der Waals surface area contributed by atoms with E-state index in [0.29, 0.717) is 5.88 Å². The quantitative estimate of drug-likeness (QED) is 0.548. The summed E-state index contributed by atoms with van der Waals surface area (Å²) >= 11 is 18.2. The number of rotatable bonds is 3. The van der Waals surface area contributed by atoms with E-state index < -0.39 is 0 Å². The van der Waals surface area contributed by atoms with Crippen molar-refractivity contribution in [2.75, 3.05) is 5.88 Å². The van der Waals surface area contributed by atoms with E-state index in [4.69, 9.17) is 34.8 Å². The number of alkyl halides is 3. The van der Waals surface area contributed by atoms with Crippen LogP contribution in [0.2, 0.25) is 4.44 Å². The van der Waals surface area contributed by atoms with Crippen LogP contribution in [0.4, 0.5) is 0 Å². The van der Waals surface area contributed by atoms with Crippen LogP contribution >= 0.6 is 34.8 Å². The van der Waals surface area contributed by atoms with Crippen molar-refractivity contribution < 1.29 is 0 Å². The predicted octanol–water partition coefficient (Wildman–Crippen LogP) is 2.03. The summed E-state index contributed by atoms with van der Waals surface area (Å²) in [6.45, 7) is 0. The van der Waals surface area contributed by atoms with Gasteiger partial charge in [0.05, 0.1) is 0 Å². The van der Waals surface area contributed by atoms with Crippen molar-refractivity contribution in [3.8, 4) is 0 Å². The second kappa shape index (κ2) is 5.45. The third-order valence-corrected chi connectivity index (χ3v) is 4.27. The zero-order chi connectivity index (χ0) is 6.57. The SMILES string of the molecule is ClCC(Cl)C(Cl)[CH2][Sn]. The summed E-state index contributed by atoms with van der Waals surface area (Å²) < 4.78 is 0.967. The molecule has 2 unspecified atom stereocenters. The summed E-state index contributed by atoms with van der Waals surface area (Å²) in [5, 5.41) is 0.00463. The molecule has 0 aliphatic carbocycles. The van der Waals surface area contributed by atoms with Crippen LogP contribution in [-0.4, -0.2) is 39.2 Å². The summed E-state index contributed by atoms with van der Waals surface area (Å²) in [7, 11) is 0. The van der Waals surface area contributed by atoms with Crippen molar-refractivity contribution in [3.05, 3.63) is 0 Å². The Morgan fingerprint density at radius 1 is 1.25 bits per heavy atom. The van der Waals surface area contributed by atoms with Crippen LogP contribution in [0, 0.1) is 0 Å². The third kappa shape index (κ3) is 3.65. The summed E-state index contributed by atoms with van der Waals surface area (Å²) in [5.41, 5.74) is 0. The van der Waals surface area contributed by atoms with Gasteiger partial charge in [-0.1, -0.05) is 0 Å². The van der Waals surface area contributed by atoms with Gasteiger partial charge in [-0.25, -0.2) is 0 Å². The summed E-state index contributed by atoms with van der Waals surface area (Å²) in [5.74, 6) is 0.448. The van der Waals surface area contributed by atoms with Gasteiger partial charge >= 0.3 is 78.4 Å². The monoisotopic (exact) mass is 279 g/mol. The maximum atomic E-state index is 5.72. The molecule has 0 amide bonds. The Morgan fingerprint density at radius 3 is 1.88 bits per heavy atom. The molecule has 0 N–H and O–H groups in total. The first-order valence-corrected chi connectivity index (χ1v) is 5.63. The molecule has 0 fully saturated rings. The average molecular weight is 279 g/mol. The van der Waals surface area contributed by atoms with Crippen LogP contribution in [0.3, 0.4) is 0 Å². The van der Waals surface area contributed by atoms with Crippen LogP contribution in [0.1, 0.15) is 0 Å². The van der Waals surface area contributed by atoms with Crippen LogP contribution in [0.15, 0.2) is 0 Å². The van der Waals surface area contributed by atoms with E-state index in [1.54, 1.807) is 0 Å². The Bertz CT molecular complexity index is 51.2. The van der Waals surface area contributed by atoms with Crippen molar-refractivity contribution >= 4 is 57.3 Å². The molecule has 0 aromatic carbocycles. The van der Waals surface area contributed by atoms with Gasteiger partial charge in [0, 0.05) is 0 Å². The van der Waals surface area contributed by atoms with Gasteiger partial charge < -0.3 is 0 Å². The van der Waals surface area contributed by atoms with Gasteiger partial charge in [-0.3, -0.25) is 0 Å².